The van der Waals surface area contributed by atoms with E-state index >= 15 is 0 Å². The molecular formula is C10H11N9S2. The van der Waals surface area contributed by atoms with E-state index in [1.165, 1.54) is 27.8 Å². The van der Waals surface area contributed by atoms with Crippen LogP contribution in [0.4, 0.5) is 11.1 Å². The van der Waals surface area contributed by atoms with Crippen LogP contribution < -0.4 is 10.6 Å². The molecule has 0 aliphatic rings. The monoisotopic (exact) mass is 321 g/mol. The molecule has 0 aliphatic heterocycles. The first-order valence-corrected chi connectivity index (χ1v) is 7.45. The fourth-order valence-corrected chi connectivity index (χ4v) is 3.02. The molecule has 0 amide bonds. The maximum absolute atomic E-state index is 5.72. The number of nitrogens with two attached hydrogens (primary N) is 1. The number of rotatable bonds is 4. The predicted molar refractivity (Wildman–Crippen MR) is 79.7 cm³/mol. The molecule has 0 fully saturated rings. The standard InChI is InChI=1S/C10H11N9S2/c1-18(2)9-16-17-10(21-9)20-8-14-6(11)13-7(15-8)19-5-3-4-12-19/h3-5H,1-2H3,(H2,11,13,14,15). The Morgan fingerprint density at radius 2 is 2.10 bits per heavy atom. The summed E-state index contributed by atoms with van der Waals surface area (Å²) < 4.78 is 2.25. The minimum atomic E-state index is 0.135. The van der Waals surface area contributed by atoms with Gasteiger partial charge in [0.1, 0.15) is 0 Å². The van der Waals surface area contributed by atoms with Crippen LogP contribution in [0, 0.1) is 0 Å². The van der Waals surface area contributed by atoms with Gasteiger partial charge in [-0.25, -0.2) is 4.68 Å². The molecule has 0 saturated heterocycles. The quantitative estimate of drug-likeness (QED) is 0.742. The van der Waals surface area contributed by atoms with Gasteiger partial charge in [-0.2, -0.15) is 20.1 Å². The number of hydrogen-bond acceptors (Lipinski definition) is 10. The zero-order chi connectivity index (χ0) is 14.8. The molecule has 0 saturated carbocycles. The molecule has 0 bridgehead atoms. The van der Waals surface area contributed by atoms with Gasteiger partial charge in [0.05, 0.1) is 0 Å². The molecule has 0 atom stereocenters. The van der Waals surface area contributed by atoms with Gasteiger partial charge >= 0.3 is 0 Å². The first-order valence-electron chi connectivity index (χ1n) is 5.82. The highest BCUT2D eigenvalue weighted by Gasteiger charge is 2.12. The van der Waals surface area contributed by atoms with Crippen molar-refractivity contribution < 1.29 is 0 Å². The Morgan fingerprint density at radius 1 is 1.24 bits per heavy atom. The van der Waals surface area contributed by atoms with Crippen LogP contribution in [0.1, 0.15) is 0 Å². The zero-order valence-corrected chi connectivity index (χ0v) is 12.8. The first kappa shape index (κ1) is 13.7. The summed E-state index contributed by atoms with van der Waals surface area (Å²) in [7, 11) is 3.82. The van der Waals surface area contributed by atoms with Crippen LogP contribution in [0.3, 0.4) is 0 Å². The molecule has 21 heavy (non-hydrogen) atoms. The van der Waals surface area contributed by atoms with Crippen LogP contribution >= 0.6 is 23.1 Å². The van der Waals surface area contributed by atoms with Crippen LogP contribution in [0.25, 0.3) is 5.95 Å². The molecule has 108 valence electrons. The molecule has 11 heteroatoms. The van der Waals surface area contributed by atoms with E-state index in [-0.39, 0.29) is 5.95 Å². The third-order valence-corrected chi connectivity index (χ3v) is 4.29. The van der Waals surface area contributed by atoms with Gasteiger partial charge in [0.15, 0.2) is 4.34 Å². The highest BCUT2D eigenvalue weighted by Crippen LogP contribution is 2.31. The van der Waals surface area contributed by atoms with Crippen LogP contribution in [0.2, 0.25) is 0 Å². The van der Waals surface area contributed by atoms with Crippen molar-refractivity contribution in [3.63, 3.8) is 0 Å². The SMILES string of the molecule is CN(C)c1nnc(Sc2nc(N)nc(-n3cccn3)n2)s1. The van der Waals surface area contributed by atoms with Crippen molar-refractivity contribution in [1.29, 1.82) is 0 Å². The lowest BCUT2D eigenvalue weighted by Crippen LogP contribution is -2.07. The summed E-state index contributed by atoms with van der Waals surface area (Å²) in [6.07, 6.45) is 3.37. The van der Waals surface area contributed by atoms with Crippen molar-refractivity contribution in [3.8, 4) is 5.95 Å². The molecule has 3 aromatic heterocycles. The highest BCUT2D eigenvalue weighted by molar-refractivity contribution is 8.00. The molecule has 0 aliphatic carbocycles. The minimum Gasteiger partial charge on any atom is -0.368 e. The third kappa shape index (κ3) is 3.08. The first-order chi connectivity index (χ1) is 10.1. The number of nitrogen functional groups attached to an aromatic ring is 1. The topological polar surface area (TPSA) is 112 Å². The van der Waals surface area contributed by atoms with Gasteiger partial charge in [-0.15, -0.1) is 10.2 Å². The fourth-order valence-electron chi connectivity index (χ4n) is 1.40. The Bertz CT molecular complexity index is 737. The fraction of sp³-hybridized carbons (Fsp3) is 0.200. The summed E-state index contributed by atoms with van der Waals surface area (Å²) in [4.78, 5) is 14.3. The molecule has 3 heterocycles. The van der Waals surface area contributed by atoms with E-state index in [4.69, 9.17) is 5.73 Å². The molecule has 0 unspecified atom stereocenters. The molecule has 9 nitrogen and oxygen atoms in total. The van der Waals surface area contributed by atoms with Gasteiger partial charge in [0.25, 0.3) is 5.95 Å². The van der Waals surface area contributed by atoms with Gasteiger partial charge in [-0.05, 0) is 17.8 Å². The molecule has 0 spiro atoms. The summed E-state index contributed by atoms with van der Waals surface area (Å²) in [6, 6.07) is 1.78. The second-order valence-electron chi connectivity index (χ2n) is 4.07. The molecular weight excluding hydrogens is 310 g/mol. The summed E-state index contributed by atoms with van der Waals surface area (Å²) in [5.74, 6) is 0.502. The molecule has 2 N–H and O–H groups in total. The Balaban J connectivity index is 1.88. The van der Waals surface area contributed by atoms with E-state index in [1.54, 1.807) is 18.5 Å². The third-order valence-electron chi connectivity index (χ3n) is 2.29. The largest absolute Gasteiger partial charge is 0.368 e. The highest BCUT2D eigenvalue weighted by atomic mass is 32.2. The number of anilines is 2. The van der Waals surface area contributed by atoms with Gasteiger partial charge in [-0.3, -0.25) is 0 Å². The van der Waals surface area contributed by atoms with Crippen molar-refractivity contribution in [2.75, 3.05) is 24.7 Å². The van der Waals surface area contributed by atoms with Crippen molar-refractivity contribution in [1.82, 2.24) is 34.9 Å². The minimum absolute atomic E-state index is 0.135. The van der Waals surface area contributed by atoms with E-state index in [0.717, 1.165) is 9.47 Å². The maximum atomic E-state index is 5.72. The molecule has 3 aromatic rings. The van der Waals surface area contributed by atoms with E-state index in [9.17, 15) is 0 Å². The Morgan fingerprint density at radius 3 is 2.76 bits per heavy atom. The van der Waals surface area contributed by atoms with E-state index in [0.29, 0.717) is 11.1 Å². The Labute approximate surface area is 128 Å². The van der Waals surface area contributed by atoms with E-state index in [1.807, 2.05) is 19.0 Å². The second kappa shape index (κ2) is 5.61. The molecule has 0 radical (unpaired) electrons. The van der Waals surface area contributed by atoms with Gasteiger partial charge in [0.2, 0.25) is 16.2 Å². The van der Waals surface area contributed by atoms with Crippen LogP contribution in [-0.4, -0.2) is 49.0 Å². The van der Waals surface area contributed by atoms with Crippen molar-refractivity contribution in [3.05, 3.63) is 18.5 Å². The zero-order valence-electron chi connectivity index (χ0n) is 11.2. The lowest BCUT2D eigenvalue weighted by molar-refractivity contribution is 0.764. The summed E-state index contributed by atoms with van der Waals surface area (Å²) >= 11 is 2.73. The Kier molecular flexibility index (Phi) is 3.66. The lowest BCUT2D eigenvalue weighted by Gasteiger charge is -2.04. The van der Waals surface area contributed by atoms with Crippen LogP contribution in [0.15, 0.2) is 28.0 Å². The molecule has 3 rings (SSSR count). The number of aromatic nitrogens is 7. The van der Waals surface area contributed by atoms with E-state index in [2.05, 4.69) is 30.2 Å². The molecule has 0 aromatic carbocycles. The maximum Gasteiger partial charge on any atom is 0.256 e. The average molecular weight is 321 g/mol. The number of nitrogens with zero attached hydrogens (tertiary/aromatic N) is 8. The second-order valence-corrected chi connectivity index (χ2v) is 6.24. The predicted octanol–water partition coefficient (Wildman–Crippen LogP) is 0.708. The van der Waals surface area contributed by atoms with Crippen LogP contribution in [0.5, 0.6) is 0 Å². The van der Waals surface area contributed by atoms with Crippen molar-refractivity contribution in [2.45, 2.75) is 9.50 Å². The summed E-state index contributed by atoms with van der Waals surface area (Å²) in [6.45, 7) is 0. The normalized spacial score (nSPS) is 10.8. The average Bonchev–Trinajstić information content (AvgIpc) is 3.08. The van der Waals surface area contributed by atoms with Gasteiger partial charge in [-0.1, -0.05) is 11.3 Å². The van der Waals surface area contributed by atoms with Gasteiger partial charge in [0, 0.05) is 26.5 Å². The summed E-state index contributed by atoms with van der Waals surface area (Å²) in [5.41, 5.74) is 5.72. The summed E-state index contributed by atoms with van der Waals surface area (Å²) in [5, 5.41) is 13.5. The van der Waals surface area contributed by atoms with E-state index < -0.39 is 0 Å². The number of hydrogen-bond donors (Lipinski definition) is 1. The van der Waals surface area contributed by atoms with Crippen molar-refractivity contribution in [2.24, 2.45) is 0 Å². The van der Waals surface area contributed by atoms with Crippen LogP contribution in [-0.2, 0) is 0 Å². The van der Waals surface area contributed by atoms with Gasteiger partial charge < -0.3 is 10.6 Å². The smallest absolute Gasteiger partial charge is 0.256 e. The van der Waals surface area contributed by atoms with Crippen molar-refractivity contribution >= 4 is 34.2 Å². The lowest BCUT2D eigenvalue weighted by atomic mass is 10.7. The Hall–Kier alpha value is -2.27.